The lowest BCUT2D eigenvalue weighted by Crippen LogP contribution is -1.91. The van der Waals surface area contributed by atoms with Crippen LogP contribution in [0.1, 0.15) is 5.56 Å². The molecule has 0 aliphatic heterocycles. The molecule has 0 radical (unpaired) electrons. The number of hydrogen-bond donors (Lipinski definition) is 2. The second kappa shape index (κ2) is 7.79. The summed E-state index contributed by atoms with van der Waals surface area (Å²) in [6, 6.07) is 35.7. The highest BCUT2D eigenvalue weighted by Crippen LogP contribution is 2.26. The van der Waals surface area contributed by atoms with Gasteiger partial charge in [0.15, 0.2) is 0 Å². The molecule has 0 saturated heterocycles. The van der Waals surface area contributed by atoms with Crippen molar-refractivity contribution in [2.24, 2.45) is 0 Å². The average Bonchev–Trinajstić information content (AvgIpc) is 2.70. The number of benzene rings is 4. The average molecular weight is 350 g/mol. The van der Waals surface area contributed by atoms with E-state index in [1.54, 1.807) is 0 Å². The normalized spacial score (nSPS) is 10.4. The maximum Gasteiger partial charge on any atom is 0.0386 e. The van der Waals surface area contributed by atoms with Crippen LogP contribution >= 0.6 is 0 Å². The number of nitrogens with one attached hydrogen (secondary N) is 2. The largest absolute Gasteiger partial charge is 0.356 e. The Morgan fingerprint density at radius 1 is 0.444 bits per heavy atom. The van der Waals surface area contributed by atoms with Gasteiger partial charge in [0.25, 0.3) is 0 Å². The van der Waals surface area contributed by atoms with E-state index < -0.39 is 0 Å². The number of aryl methyl sites for hydroxylation is 1. The molecule has 0 unspecified atom stereocenters. The molecule has 0 heterocycles. The van der Waals surface area contributed by atoms with Crippen LogP contribution in [-0.4, -0.2) is 0 Å². The Labute approximate surface area is 160 Å². The second-order valence-corrected chi connectivity index (χ2v) is 6.64. The molecule has 0 bridgehead atoms. The van der Waals surface area contributed by atoms with Crippen molar-refractivity contribution in [2.75, 3.05) is 10.6 Å². The molecule has 2 nitrogen and oxygen atoms in total. The Hall–Kier alpha value is -3.52. The van der Waals surface area contributed by atoms with E-state index in [0.717, 1.165) is 22.7 Å². The molecule has 0 fully saturated rings. The first-order valence-corrected chi connectivity index (χ1v) is 9.12. The van der Waals surface area contributed by atoms with Gasteiger partial charge in [-0.1, -0.05) is 54.6 Å². The zero-order chi connectivity index (χ0) is 18.5. The van der Waals surface area contributed by atoms with E-state index in [4.69, 9.17) is 0 Å². The van der Waals surface area contributed by atoms with Crippen molar-refractivity contribution in [3.63, 3.8) is 0 Å². The summed E-state index contributed by atoms with van der Waals surface area (Å²) in [5.74, 6) is 0. The van der Waals surface area contributed by atoms with Crippen molar-refractivity contribution >= 4 is 22.7 Å². The van der Waals surface area contributed by atoms with Crippen molar-refractivity contribution in [3.05, 3.63) is 109 Å². The summed E-state index contributed by atoms with van der Waals surface area (Å²) < 4.78 is 0. The van der Waals surface area contributed by atoms with Gasteiger partial charge in [0, 0.05) is 22.7 Å². The van der Waals surface area contributed by atoms with Gasteiger partial charge in [-0.3, -0.25) is 0 Å². The number of para-hydroxylation sites is 1. The molecule has 2 heteroatoms. The van der Waals surface area contributed by atoms with E-state index in [2.05, 4.69) is 102 Å². The van der Waals surface area contributed by atoms with Crippen LogP contribution in [0.3, 0.4) is 0 Å². The molecule has 4 aromatic carbocycles. The first kappa shape index (κ1) is 16.9. The predicted molar refractivity (Wildman–Crippen MR) is 116 cm³/mol. The molecule has 0 aliphatic rings. The highest BCUT2D eigenvalue weighted by atomic mass is 14.9. The maximum atomic E-state index is 3.45. The Bertz CT molecular complexity index is 1000. The molecule has 2 N–H and O–H groups in total. The summed E-state index contributed by atoms with van der Waals surface area (Å²) in [7, 11) is 0. The van der Waals surface area contributed by atoms with Gasteiger partial charge in [0.05, 0.1) is 0 Å². The monoisotopic (exact) mass is 350 g/mol. The molecular weight excluding hydrogens is 328 g/mol. The molecule has 4 aromatic rings. The third-order valence-corrected chi connectivity index (χ3v) is 4.47. The van der Waals surface area contributed by atoms with Crippen LogP contribution in [0.4, 0.5) is 22.7 Å². The first-order chi connectivity index (χ1) is 13.3. The fraction of sp³-hybridized carbons (Fsp3) is 0.0400. The summed E-state index contributed by atoms with van der Waals surface area (Å²) >= 11 is 0. The van der Waals surface area contributed by atoms with E-state index >= 15 is 0 Å². The van der Waals surface area contributed by atoms with Gasteiger partial charge in [-0.05, 0) is 72.1 Å². The molecule has 132 valence electrons. The van der Waals surface area contributed by atoms with E-state index in [9.17, 15) is 0 Å². The van der Waals surface area contributed by atoms with Crippen LogP contribution in [0.25, 0.3) is 11.1 Å². The third-order valence-electron chi connectivity index (χ3n) is 4.47. The van der Waals surface area contributed by atoms with Crippen molar-refractivity contribution in [2.45, 2.75) is 6.92 Å². The van der Waals surface area contributed by atoms with Gasteiger partial charge in [0.2, 0.25) is 0 Å². The lowest BCUT2D eigenvalue weighted by atomic mass is 10.0. The minimum Gasteiger partial charge on any atom is -0.356 e. The Morgan fingerprint density at radius 3 is 1.48 bits per heavy atom. The fourth-order valence-corrected chi connectivity index (χ4v) is 3.07. The SMILES string of the molecule is Cc1cccc(Nc2ccc(-c3ccc(Nc4ccccc4)cc3)cc2)c1. The summed E-state index contributed by atoms with van der Waals surface area (Å²) in [6.07, 6.45) is 0. The van der Waals surface area contributed by atoms with Crippen LogP contribution in [0, 0.1) is 6.92 Å². The van der Waals surface area contributed by atoms with Gasteiger partial charge in [0.1, 0.15) is 0 Å². The van der Waals surface area contributed by atoms with Gasteiger partial charge < -0.3 is 10.6 Å². The minimum atomic E-state index is 1.09. The second-order valence-electron chi connectivity index (χ2n) is 6.64. The summed E-state index contributed by atoms with van der Waals surface area (Å²) in [6.45, 7) is 2.10. The van der Waals surface area contributed by atoms with Gasteiger partial charge in [-0.2, -0.15) is 0 Å². The molecule has 0 aromatic heterocycles. The van der Waals surface area contributed by atoms with Crippen LogP contribution in [0.5, 0.6) is 0 Å². The quantitative estimate of drug-likeness (QED) is 0.399. The summed E-state index contributed by atoms with van der Waals surface area (Å²) in [5.41, 5.74) is 8.04. The Kier molecular flexibility index (Phi) is 4.88. The predicted octanol–water partition coefficient (Wildman–Crippen LogP) is 7.15. The Balaban J connectivity index is 1.45. The summed E-state index contributed by atoms with van der Waals surface area (Å²) in [4.78, 5) is 0. The van der Waals surface area contributed by atoms with E-state index in [1.165, 1.54) is 16.7 Å². The van der Waals surface area contributed by atoms with Crippen molar-refractivity contribution in [3.8, 4) is 11.1 Å². The molecule has 27 heavy (non-hydrogen) atoms. The molecular formula is C25H22N2. The van der Waals surface area contributed by atoms with Crippen LogP contribution < -0.4 is 10.6 Å². The van der Waals surface area contributed by atoms with E-state index in [0.29, 0.717) is 0 Å². The Morgan fingerprint density at radius 2 is 0.926 bits per heavy atom. The molecule has 0 aliphatic carbocycles. The minimum absolute atomic E-state index is 1.09. The standard InChI is InChI=1S/C25H22N2/c1-19-6-5-9-25(18-19)27-24-16-12-21(13-17-24)20-10-14-23(15-11-20)26-22-7-3-2-4-8-22/h2-18,26-27H,1H3. The van der Waals surface area contributed by atoms with E-state index in [1.807, 2.05) is 18.2 Å². The lowest BCUT2D eigenvalue weighted by Gasteiger charge is -2.10. The van der Waals surface area contributed by atoms with Gasteiger partial charge in [-0.25, -0.2) is 0 Å². The van der Waals surface area contributed by atoms with Crippen LogP contribution in [0.15, 0.2) is 103 Å². The first-order valence-electron chi connectivity index (χ1n) is 9.12. The van der Waals surface area contributed by atoms with Crippen molar-refractivity contribution < 1.29 is 0 Å². The molecule has 4 rings (SSSR count). The van der Waals surface area contributed by atoms with Crippen molar-refractivity contribution in [1.82, 2.24) is 0 Å². The van der Waals surface area contributed by atoms with Crippen LogP contribution in [0.2, 0.25) is 0 Å². The van der Waals surface area contributed by atoms with Gasteiger partial charge in [-0.15, -0.1) is 0 Å². The molecule has 0 spiro atoms. The van der Waals surface area contributed by atoms with Crippen molar-refractivity contribution in [1.29, 1.82) is 0 Å². The zero-order valence-corrected chi connectivity index (χ0v) is 15.3. The smallest absolute Gasteiger partial charge is 0.0386 e. The highest BCUT2D eigenvalue weighted by molar-refractivity contribution is 5.71. The highest BCUT2D eigenvalue weighted by Gasteiger charge is 2.00. The van der Waals surface area contributed by atoms with E-state index in [-0.39, 0.29) is 0 Å². The number of hydrogen-bond acceptors (Lipinski definition) is 2. The fourth-order valence-electron chi connectivity index (χ4n) is 3.07. The maximum absolute atomic E-state index is 3.45. The topological polar surface area (TPSA) is 24.1 Å². The summed E-state index contributed by atoms with van der Waals surface area (Å²) in [5, 5.41) is 6.86. The zero-order valence-electron chi connectivity index (χ0n) is 15.3. The third kappa shape index (κ3) is 4.36. The molecule has 0 atom stereocenters. The number of rotatable bonds is 5. The molecule has 0 saturated carbocycles. The van der Waals surface area contributed by atoms with Crippen LogP contribution in [-0.2, 0) is 0 Å². The lowest BCUT2D eigenvalue weighted by molar-refractivity contribution is 1.45. The van der Waals surface area contributed by atoms with Gasteiger partial charge >= 0.3 is 0 Å². The molecule has 0 amide bonds. The number of anilines is 4.